The zero-order valence-electron chi connectivity index (χ0n) is 20.9. The second-order valence-corrected chi connectivity index (χ2v) is 9.02. The summed E-state index contributed by atoms with van der Waals surface area (Å²) < 4.78 is 95.9. The molecule has 6 nitrogen and oxygen atoms in total. The van der Waals surface area contributed by atoms with Crippen LogP contribution in [0.4, 0.5) is 30.7 Å². The van der Waals surface area contributed by atoms with Gasteiger partial charge >= 0.3 is 0 Å². The summed E-state index contributed by atoms with van der Waals surface area (Å²) in [5.74, 6) is -4.62. The molecule has 4 rings (SSSR count). The number of nitrogens with one attached hydrogen (secondary N) is 1. The molecule has 3 N–H and O–H groups in total. The topological polar surface area (TPSA) is 90.0 Å². The highest BCUT2D eigenvalue weighted by Crippen LogP contribution is 2.31. The Morgan fingerprint density at radius 3 is 2.27 bits per heavy atom. The van der Waals surface area contributed by atoms with E-state index in [1.54, 1.807) is 0 Å². The Labute approximate surface area is 228 Å². The van der Waals surface area contributed by atoms with Gasteiger partial charge in [-0.25, -0.2) is 30.7 Å². The summed E-state index contributed by atoms with van der Waals surface area (Å²) >= 11 is 0. The Morgan fingerprint density at radius 1 is 0.927 bits per heavy atom. The Balaban J connectivity index is 1.74. The Morgan fingerprint density at radius 2 is 1.63 bits per heavy atom. The van der Waals surface area contributed by atoms with Gasteiger partial charge in [0.1, 0.15) is 24.0 Å². The monoisotopic (exact) mass is 578 g/mol. The van der Waals surface area contributed by atoms with Crippen molar-refractivity contribution in [2.75, 3.05) is 0 Å². The zero-order valence-corrected chi connectivity index (χ0v) is 20.9. The van der Waals surface area contributed by atoms with Crippen molar-refractivity contribution < 1.29 is 40.3 Å². The van der Waals surface area contributed by atoms with E-state index in [0.29, 0.717) is 16.7 Å². The minimum absolute atomic E-state index is 0.0931. The van der Waals surface area contributed by atoms with E-state index < -0.39 is 71.5 Å². The second-order valence-electron chi connectivity index (χ2n) is 9.02. The van der Waals surface area contributed by atoms with Crippen LogP contribution in [0.1, 0.15) is 51.8 Å². The van der Waals surface area contributed by atoms with Crippen LogP contribution < -0.4 is 11.1 Å². The van der Waals surface area contributed by atoms with Crippen molar-refractivity contribution in [1.29, 1.82) is 0 Å². The molecule has 4 aromatic rings. The van der Waals surface area contributed by atoms with Gasteiger partial charge in [-0.05, 0) is 53.9 Å². The lowest BCUT2D eigenvalue weighted by Crippen LogP contribution is -2.34. The van der Waals surface area contributed by atoms with Gasteiger partial charge in [0, 0.05) is 29.6 Å². The number of primary amides is 1. The van der Waals surface area contributed by atoms with Crippen LogP contribution in [0, 0.1) is 17.5 Å². The quantitative estimate of drug-likeness (QED) is 0.225. The number of benzene rings is 2. The Bertz CT molecular complexity index is 1570. The summed E-state index contributed by atoms with van der Waals surface area (Å²) in [4.78, 5) is 29.1. The molecule has 0 fully saturated rings. The van der Waals surface area contributed by atoms with Gasteiger partial charge in [0.25, 0.3) is 18.8 Å². The predicted molar refractivity (Wildman–Crippen MR) is 133 cm³/mol. The molecule has 0 aliphatic carbocycles. The molecule has 0 saturated carbocycles. The van der Waals surface area contributed by atoms with Gasteiger partial charge in [0.05, 0.1) is 23.0 Å². The standard InChI is InChI=1S/C28H21F7N4O2/c29-17-6-14(7-18(30)11-17)8-22(38-24(40)13-39-12-16(26(32)33)10-23(39)27(34)35)25-19(2-1-5-37-25)15-3-4-21(31)20(9-15)28(36)41/h1-7,9-12,22,26-27H,8,13H2,(H2,36,41)(H,38,40)/t22-/m0/s1. The number of carbonyl (C=O) groups is 2. The summed E-state index contributed by atoms with van der Waals surface area (Å²) in [7, 11) is 0. The maximum absolute atomic E-state index is 14.1. The first-order valence-electron chi connectivity index (χ1n) is 12.0. The number of carbonyl (C=O) groups excluding carboxylic acids is 2. The van der Waals surface area contributed by atoms with E-state index in [0.717, 1.165) is 24.4 Å². The number of hydrogen-bond donors (Lipinski definition) is 2. The van der Waals surface area contributed by atoms with Crippen molar-refractivity contribution in [3.05, 3.63) is 113 Å². The van der Waals surface area contributed by atoms with Gasteiger partial charge in [-0.15, -0.1) is 0 Å². The number of alkyl halides is 4. The van der Waals surface area contributed by atoms with Gasteiger partial charge in [0.15, 0.2) is 0 Å². The van der Waals surface area contributed by atoms with E-state index >= 15 is 0 Å². The molecule has 0 radical (unpaired) electrons. The lowest BCUT2D eigenvalue weighted by atomic mass is 9.94. The minimum Gasteiger partial charge on any atom is -0.366 e. The lowest BCUT2D eigenvalue weighted by Gasteiger charge is -2.22. The van der Waals surface area contributed by atoms with Crippen LogP contribution in [0.2, 0.25) is 0 Å². The summed E-state index contributed by atoms with van der Waals surface area (Å²) in [6, 6.07) is 8.65. The Kier molecular flexibility index (Phi) is 8.74. The van der Waals surface area contributed by atoms with E-state index in [4.69, 9.17) is 5.73 Å². The molecule has 0 aliphatic heterocycles. The first-order valence-corrected chi connectivity index (χ1v) is 12.0. The third kappa shape index (κ3) is 6.91. The van der Waals surface area contributed by atoms with Crippen molar-refractivity contribution in [2.24, 2.45) is 5.73 Å². The van der Waals surface area contributed by atoms with Gasteiger partial charge in [-0.1, -0.05) is 12.1 Å². The third-order valence-electron chi connectivity index (χ3n) is 6.15. The van der Waals surface area contributed by atoms with E-state index in [1.807, 2.05) is 0 Å². The minimum atomic E-state index is -3.15. The first kappa shape index (κ1) is 29.3. The maximum Gasteiger partial charge on any atom is 0.278 e. The number of pyridine rings is 1. The van der Waals surface area contributed by atoms with Crippen LogP contribution >= 0.6 is 0 Å². The number of nitrogens with two attached hydrogens (primary N) is 1. The second kappa shape index (κ2) is 12.2. The SMILES string of the molecule is NC(=O)c1cc(-c2cccnc2[C@H](Cc2cc(F)cc(F)c2)NC(=O)Cn2cc(C(F)F)cc2C(F)F)ccc1F. The predicted octanol–water partition coefficient (Wildman–Crippen LogP) is 6.04. The van der Waals surface area contributed by atoms with Crippen LogP contribution in [-0.2, 0) is 17.8 Å². The maximum atomic E-state index is 14.1. The molecule has 2 heterocycles. The molecular formula is C28H21F7N4O2. The lowest BCUT2D eigenvalue weighted by molar-refractivity contribution is -0.122. The smallest absolute Gasteiger partial charge is 0.278 e. The van der Waals surface area contributed by atoms with E-state index in [1.165, 1.54) is 30.5 Å². The molecule has 0 unspecified atom stereocenters. The van der Waals surface area contributed by atoms with Crippen molar-refractivity contribution >= 4 is 11.8 Å². The van der Waals surface area contributed by atoms with Gasteiger partial charge in [-0.2, -0.15) is 0 Å². The van der Waals surface area contributed by atoms with Gasteiger partial charge in [-0.3, -0.25) is 14.6 Å². The molecule has 2 amide bonds. The average Bonchev–Trinajstić information content (AvgIpc) is 3.32. The van der Waals surface area contributed by atoms with Crippen molar-refractivity contribution in [3.63, 3.8) is 0 Å². The molecular weight excluding hydrogens is 557 g/mol. The first-order chi connectivity index (χ1) is 19.4. The summed E-state index contributed by atoms with van der Waals surface area (Å²) in [5.41, 5.74) is 4.08. The average molecular weight is 578 g/mol. The molecule has 0 spiro atoms. The molecule has 2 aromatic carbocycles. The fourth-order valence-corrected chi connectivity index (χ4v) is 4.39. The number of rotatable bonds is 10. The summed E-state index contributed by atoms with van der Waals surface area (Å²) in [5, 5.41) is 2.57. The number of halogens is 7. The summed E-state index contributed by atoms with van der Waals surface area (Å²) in [6.07, 6.45) is -4.37. The molecule has 13 heteroatoms. The molecule has 1 atom stereocenters. The van der Waals surface area contributed by atoms with Crippen molar-refractivity contribution in [2.45, 2.75) is 31.9 Å². The van der Waals surface area contributed by atoms with Crippen LogP contribution in [0.15, 0.2) is 67.0 Å². The van der Waals surface area contributed by atoms with Crippen LogP contribution in [-0.4, -0.2) is 21.4 Å². The third-order valence-corrected chi connectivity index (χ3v) is 6.15. The summed E-state index contributed by atoms with van der Waals surface area (Å²) in [6.45, 7) is -0.787. The van der Waals surface area contributed by atoms with E-state index in [2.05, 4.69) is 10.3 Å². The normalized spacial score (nSPS) is 12.1. The fraction of sp³-hybridized carbons (Fsp3) is 0.179. The fourth-order valence-electron chi connectivity index (χ4n) is 4.39. The van der Waals surface area contributed by atoms with Gasteiger partial charge in [0.2, 0.25) is 5.91 Å². The van der Waals surface area contributed by atoms with Crippen LogP contribution in [0.25, 0.3) is 11.1 Å². The number of aromatic nitrogens is 2. The molecule has 2 aromatic heterocycles. The number of nitrogens with zero attached hydrogens (tertiary/aromatic N) is 2. The van der Waals surface area contributed by atoms with Crippen molar-refractivity contribution in [3.8, 4) is 11.1 Å². The highest BCUT2D eigenvalue weighted by molar-refractivity contribution is 5.94. The van der Waals surface area contributed by atoms with Gasteiger partial charge < -0.3 is 15.6 Å². The number of amides is 2. The molecule has 41 heavy (non-hydrogen) atoms. The molecule has 0 saturated heterocycles. The van der Waals surface area contributed by atoms with Crippen molar-refractivity contribution in [1.82, 2.24) is 14.9 Å². The van der Waals surface area contributed by atoms with E-state index in [-0.39, 0.29) is 28.8 Å². The van der Waals surface area contributed by atoms with E-state index in [9.17, 15) is 40.3 Å². The Hall–Kier alpha value is -4.68. The number of hydrogen-bond acceptors (Lipinski definition) is 3. The molecule has 0 aliphatic rings. The molecule has 0 bridgehead atoms. The van der Waals surface area contributed by atoms with Crippen LogP contribution in [0.5, 0.6) is 0 Å². The molecule has 214 valence electrons. The highest BCUT2D eigenvalue weighted by atomic mass is 19.3. The largest absolute Gasteiger partial charge is 0.366 e. The highest BCUT2D eigenvalue weighted by Gasteiger charge is 2.25. The van der Waals surface area contributed by atoms with Crippen LogP contribution in [0.3, 0.4) is 0 Å². The zero-order chi connectivity index (χ0) is 29.8.